The molecule has 1 aromatic carbocycles. The molecular formula is C18H15N3O5. The first-order valence-electron chi connectivity index (χ1n) is 7.63. The van der Waals surface area contributed by atoms with Crippen LogP contribution in [0.3, 0.4) is 0 Å². The van der Waals surface area contributed by atoms with E-state index in [2.05, 4.69) is 0 Å². The number of nitro benzene ring substituents is 1. The minimum absolute atomic E-state index is 0.0190. The van der Waals surface area contributed by atoms with E-state index in [1.807, 2.05) is 0 Å². The number of nitrogens with zero attached hydrogens (tertiary/aromatic N) is 2. The van der Waals surface area contributed by atoms with Gasteiger partial charge in [-0.2, -0.15) is 0 Å². The highest BCUT2D eigenvalue weighted by molar-refractivity contribution is 6.13. The summed E-state index contributed by atoms with van der Waals surface area (Å²) >= 11 is 0. The third-order valence-electron chi connectivity index (χ3n) is 4.19. The van der Waals surface area contributed by atoms with Crippen LogP contribution in [-0.4, -0.2) is 28.1 Å². The molecule has 8 heteroatoms. The summed E-state index contributed by atoms with van der Waals surface area (Å²) in [6.07, 6.45) is 1.66. The second-order valence-corrected chi connectivity index (χ2v) is 5.64. The van der Waals surface area contributed by atoms with E-state index >= 15 is 0 Å². The molecule has 2 heterocycles. The molecule has 0 aliphatic carbocycles. The molecular weight excluding hydrogens is 338 g/mol. The molecule has 0 unspecified atom stereocenters. The lowest BCUT2D eigenvalue weighted by atomic mass is 10.0. The van der Waals surface area contributed by atoms with Crippen molar-refractivity contribution in [3.63, 3.8) is 0 Å². The van der Waals surface area contributed by atoms with Crippen LogP contribution in [-0.2, 0) is 0 Å². The molecule has 0 atom stereocenters. The Morgan fingerprint density at radius 3 is 2.58 bits per heavy atom. The molecule has 3 rings (SSSR count). The number of pyridine rings is 1. The first kappa shape index (κ1) is 17.2. The number of ketones is 1. The molecule has 0 fully saturated rings. The van der Waals surface area contributed by atoms with Crippen molar-refractivity contribution >= 4 is 22.9 Å². The maximum atomic E-state index is 13.1. The van der Waals surface area contributed by atoms with Crippen LogP contribution in [0.4, 0.5) is 5.69 Å². The van der Waals surface area contributed by atoms with Gasteiger partial charge in [0.15, 0.2) is 5.75 Å². The van der Waals surface area contributed by atoms with Crippen molar-refractivity contribution in [1.82, 2.24) is 4.40 Å². The molecule has 3 aromatic rings. The maximum absolute atomic E-state index is 13.1. The molecule has 132 valence electrons. The number of nitrogens with two attached hydrogens (primary N) is 1. The largest absolute Gasteiger partial charge is 0.490 e. The molecule has 0 aliphatic heterocycles. The average Bonchev–Trinajstić information content (AvgIpc) is 2.92. The van der Waals surface area contributed by atoms with Gasteiger partial charge >= 0.3 is 5.69 Å². The zero-order valence-electron chi connectivity index (χ0n) is 14.1. The Labute approximate surface area is 147 Å². The Bertz CT molecular complexity index is 1070. The Balaban J connectivity index is 2.22. The second-order valence-electron chi connectivity index (χ2n) is 5.64. The van der Waals surface area contributed by atoms with Crippen LogP contribution in [0.5, 0.6) is 5.75 Å². The third-order valence-corrected chi connectivity index (χ3v) is 4.19. The average molecular weight is 353 g/mol. The minimum Gasteiger partial charge on any atom is -0.490 e. The van der Waals surface area contributed by atoms with E-state index in [1.165, 1.54) is 25.3 Å². The van der Waals surface area contributed by atoms with E-state index in [0.29, 0.717) is 11.1 Å². The van der Waals surface area contributed by atoms with Crippen molar-refractivity contribution in [3.05, 3.63) is 75.1 Å². The summed E-state index contributed by atoms with van der Waals surface area (Å²) in [5.41, 5.74) is 6.95. The Morgan fingerprint density at radius 1 is 1.23 bits per heavy atom. The minimum atomic E-state index is -0.633. The zero-order valence-corrected chi connectivity index (χ0v) is 14.1. The van der Waals surface area contributed by atoms with Gasteiger partial charge in [-0.1, -0.05) is 6.07 Å². The van der Waals surface area contributed by atoms with Crippen LogP contribution < -0.4 is 10.5 Å². The second kappa shape index (κ2) is 6.32. The number of aromatic nitrogens is 1. The van der Waals surface area contributed by atoms with Crippen molar-refractivity contribution in [1.29, 1.82) is 0 Å². The van der Waals surface area contributed by atoms with E-state index in [0.717, 1.165) is 0 Å². The molecule has 0 bridgehead atoms. The summed E-state index contributed by atoms with van der Waals surface area (Å²) in [6.45, 7) is 1.64. The lowest BCUT2D eigenvalue weighted by Crippen LogP contribution is -2.12. The molecule has 1 amide bonds. The van der Waals surface area contributed by atoms with Gasteiger partial charge in [-0.25, -0.2) is 0 Å². The van der Waals surface area contributed by atoms with Gasteiger partial charge in [0.1, 0.15) is 0 Å². The third kappa shape index (κ3) is 2.57. The molecule has 2 aromatic heterocycles. The fraction of sp³-hybridized carbons (Fsp3) is 0.111. The number of hydrogen-bond acceptors (Lipinski definition) is 5. The lowest BCUT2D eigenvalue weighted by molar-refractivity contribution is -0.385. The van der Waals surface area contributed by atoms with E-state index in [4.69, 9.17) is 10.5 Å². The molecule has 0 saturated carbocycles. The topological polar surface area (TPSA) is 117 Å². The highest BCUT2D eigenvalue weighted by Gasteiger charge is 2.25. The number of ether oxygens (including phenoxy) is 1. The van der Waals surface area contributed by atoms with Gasteiger partial charge in [0, 0.05) is 17.8 Å². The molecule has 2 N–H and O–H groups in total. The van der Waals surface area contributed by atoms with Crippen molar-refractivity contribution in [2.45, 2.75) is 6.92 Å². The van der Waals surface area contributed by atoms with Crippen LogP contribution >= 0.6 is 0 Å². The zero-order chi connectivity index (χ0) is 19.0. The van der Waals surface area contributed by atoms with Gasteiger partial charge in [0.25, 0.3) is 5.91 Å². The van der Waals surface area contributed by atoms with E-state index in [9.17, 15) is 19.7 Å². The van der Waals surface area contributed by atoms with Crippen molar-refractivity contribution in [2.75, 3.05) is 7.11 Å². The van der Waals surface area contributed by atoms with Gasteiger partial charge in [0.05, 0.1) is 28.8 Å². The van der Waals surface area contributed by atoms with Gasteiger partial charge < -0.3 is 14.9 Å². The number of amides is 1. The Hall–Kier alpha value is -3.68. The molecule has 0 saturated heterocycles. The highest BCUT2D eigenvalue weighted by Crippen LogP contribution is 2.30. The summed E-state index contributed by atoms with van der Waals surface area (Å²) < 4.78 is 6.61. The number of methoxy groups -OCH3 is 1. The summed E-state index contributed by atoms with van der Waals surface area (Å²) in [5, 5.41) is 11.0. The predicted molar refractivity (Wildman–Crippen MR) is 93.7 cm³/mol. The normalized spacial score (nSPS) is 10.7. The number of rotatable bonds is 5. The van der Waals surface area contributed by atoms with Crippen molar-refractivity contribution < 1.29 is 19.2 Å². The Morgan fingerprint density at radius 2 is 1.96 bits per heavy atom. The monoisotopic (exact) mass is 353 g/mol. The van der Waals surface area contributed by atoms with E-state index in [1.54, 1.807) is 35.7 Å². The van der Waals surface area contributed by atoms with Crippen LogP contribution in [0, 0.1) is 17.0 Å². The van der Waals surface area contributed by atoms with Gasteiger partial charge in [-0.3, -0.25) is 19.7 Å². The number of carbonyl (C=O) groups is 2. The number of primary amides is 1. The fourth-order valence-corrected chi connectivity index (χ4v) is 3.03. The maximum Gasteiger partial charge on any atom is 0.310 e. The molecule has 0 aliphatic rings. The van der Waals surface area contributed by atoms with Gasteiger partial charge in [-0.05, 0) is 36.8 Å². The molecule has 26 heavy (non-hydrogen) atoms. The fourth-order valence-electron chi connectivity index (χ4n) is 3.03. The SMILES string of the molecule is COc1cc(C(=O)c2c(C)c(C(N)=O)c3ccccn23)ccc1[N+](=O)[O-]. The molecule has 0 radical (unpaired) electrons. The first-order chi connectivity index (χ1) is 12.4. The van der Waals surface area contributed by atoms with E-state index < -0.39 is 16.6 Å². The summed E-state index contributed by atoms with van der Waals surface area (Å²) in [7, 11) is 1.29. The summed E-state index contributed by atoms with van der Waals surface area (Å²) in [5.74, 6) is -1.05. The number of hydrogen-bond donors (Lipinski definition) is 1. The van der Waals surface area contributed by atoms with Crippen LogP contribution in [0.2, 0.25) is 0 Å². The number of fused-ring (bicyclic) bond motifs is 1. The summed E-state index contributed by atoms with van der Waals surface area (Å²) in [6, 6.07) is 9.04. The van der Waals surface area contributed by atoms with Crippen LogP contribution in [0.25, 0.3) is 5.52 Å². The molecule has 8 nitrogen and oxygen atoms in total. The van der Waals surface area contributed by atoms with E-state index in [-0.39, 0.29) is 28.3 Å². The quantitative estimate of drug-likeness (QED) is 0.430. The smallest absolute Gasteiger partial charge is 0.310 e. The Kier molecular flexibility index (Phi) is 4.17. The van der Waals surface area contributed by atoms with Crippen molar-refractivity contribution in [3.8, 4) is 5.75 Å². The van der Waals surface area contributed by atoms with Gasteiger partial charge in [0.2, 0.25) is 5.78 Å². The van der Waals surface area contributed by atoms with Gasteiger partial charge in [-0.15, -0.1) is 0 Å². The highest BCUT2D eigenvalue weighted by atomic mass is 16.6. The lowest BCUT2D eigenvalue weighted by Gasteiger charge is -2.06. The summed E-state index contributed by atoms with van der Waals surface area (Å²) in [4.78, 5) is 35.3. The van der Waals surface area contributed by atoms with Crippen LogP contribution in [0.1, 0.15) is 32.0 Å². The number of carbonyl (C=O) groups excluding carboxylic acids is 2. The number of nitro groups is 1. The molecule has 0 spiro atoms. The standard InChI is InChI=1S/C18H15N3O5/c1-10-15(18(19)23)13-5-3-4-8-20(13)16(10)17(22)11-6-7-12(21(24)25)14(9-11)26-2/h3-9H,1-2H3,(H2,19,23). The first-order valence-corrected chi connectivity index (χ1v) is 7.63. The van der Waals surface area contributed by atoms with Crippen molar-refractivity contribution in [2.24, 2.45) is 5.73 Å². The number of benzene rings is 1. The van der Waals surface area contributed by atoms with Crippen LogP contribution in [0.15, 0.2) is 42.6 Å². The predicted octanol–water partition coefficient (Wildman–Crippen LogP) is 2.49.